The number of nitrogens with zero attached hydrogens (tertiary/aromatic N) is 2. The number of likely N-dealkylation sites (tertiary alicyclic amines) is 2. The van der Waals surface area contributed by atoms with E-state index in [1.807, 2.05) is 35.2 Å². The number of amides is 2. The summed E-state index contributed by atoms with van der Waals surface area (Å²) in [5.74, 6) is -0.0194. The fourth-order valence-electron chi connectivity index (χ4n) is 4.41. The van der Waals surface area contributed by atoms with E-state index >= 15 is 0 Å². The molecule has 2 atom stereocenters. The van der Waals surface area contributed by atoms with Gasteiger partial charge in [0.1, 0.15) is 0 Å². The molecule has 136 valence electrons. The highest BCUT2D eigenvalue weighted by atomic mass is 16.2. The number of rotatable bonds is 5. The van der Waals surface area contributed by atoms with Gasteiger partial charge in [0.05, 0.1) is 12.0 Å². The molecular formula is C20H29N3O2. The lowest BCUT2D eigenvalue weighted by atomic mass is 9.93. The SMILES string of the molecule is CC[C@H](C(=O)N1CCC(N2CCC[C@@H]2C(N)=O)CC1)c1ccccc1. The first kappa shape index (κ1) is 17.9. The largest absolute Gasteiger partial charge is 0.368 e. The Morgan fingerprint density at radius 3 is 2.40 bits per heavy atom. The summed E-state index contributed by atoms with van der Waals surface area (Å²) in [5.41, 5.74) is 6.65. The highest BCUT2D eigenvalue weighted by molar-refractivity contribution is 5.84. The van der Waals surface area contributed by atoms with E-state index in [0.717, 1.165) is 57.3 Å². The zero-order valence-corrected chi connectivity index (χ0v) is 15.1. The van der Waals surface area contributed by atoms with E-state index in [1.54, 1.807) is 0 Å². The Labute approximate surface area is 150 Å². The summed E-state index contributed by atoms with van der Waals surface area (Å²) < 4.78 is 0. The van der Waals surface area contributed by atoms with Gasteiger partial charge in [-0.05, 0) is 44.2 Å². The summed E-state index contributed by atoms with van der Waals surface area (Å²) in [6.07, 6.45) is 4.60. The first-order valence-corrected chi connectivity index (χ1v) is 9.50. The maximum atomic E-state index is 13.0. The molecule has 2 fully saturated rings. The molecule has 0 aliphatic carbocycles. The van der Waals surface area contributed by atoms with Crippen LogP contribution >= 0.6 is 0 Å². The fraction of sp³-hybridized carbons (Fsp3) is 0.600. The van der Waals surface area contributed by atoms with Gasteiger partial charge in [-0.25, -0.2) is 0 Å². The minimum Gasteiger partial charge on any atom is -0.368 e. The molecule has 2 aliphatic heterocycles. The van der Waals surface area contributed by atoms with Crippen LogP contribution in [0.25, 0.3) is 0 Å². The van der Waals surface area contributed by atoms with Gasteiger partial charge in [0, 0.05) is 19.1 Å². The molecule has 1 aromatic carbocycles. The van der Waals surface area contributed by atoms with Gasteiger partial charge in [0.2, 0.25) is 11.8 Å². The summed E-state index contributed by atoms with van der Waals surface area (Å²) in [7, 11) is 0. The van der Waals surface area contributed by atoms with Crippen LogP contribution in [0.2, 0.25) is 0 Å². The Morgan fingerprint density at radius 1 is 1.12 bits per heavy atom. The van der Waals surface area contributed by atoms with Gasteiger partial charge in [-0.3, -0.25) is 14.5 Å². The van der Waals surface area contributed by atoms with Gasteiger partial charge >= 0.3 is 0 Å². The van der Waals surface area contributed by atoms with Crippen LogP contribution < -0.4 is 5.73 Å². The number of hydrogen-bond donors (Lipinski definition) is 1. The van der Waals surface area contributed by atoms with Crippen molar-refractivity contribution in [1.29, 1.82) is 0 Å². The molecular weight excluding hydrogens is 314 g/mol. The molecule has 2 heterocycles. The van der Waals surface area contributed by atoms with E-state index in [1.165, 1.54) is 0 Å². The maximum Gasteiger partial charge on any atom is 0.234 e. The summed E-state index contributed by atoms with van der Waals surface area (Å²) in [4.78, 5) is 28.9. The predicted octanol–water partition coefficient (Wildman–Crippen LogP) is 2.12. The second-order valence-electron chi connectivity index (χ2n) is 7.23. The van der Waals surface area contributed by atoms with E-state index in [0.29, 0.717) is 6.04 Å². The van der Waals surface area contributed by atoms with Crippen molar-refractivity contribution in [2.24, 2.45) is 5.73 Å². The predicted molar refractivity (Wildman–Crippen MR) is 98.0 cm³/mol. The average molecular weight is 343 g/mol. The number of hydrogen-bond acceptors (Lipinski definition) is 3. The van der Waals surface area contributed by atoms with E-state index in [4.69, 9.17) is 5.73 Å². The molecule has 2 amide bonds. The minimum absolute atomic E-state index is 0.0529. The van der Waals surface area contributed by atoms with Crippen molar-refractivity contribution in [1.82, 2.24) is 9.80 Å². The van der Waals surface area contributed by atoms with Crippen LogP contribution in [0.4, 0.5) is 0 Å². The van der Waals surface area contributed by atoms with Gasteiger partial charge in [-0.1, -0.05) is 37.3 Å². The van der Waals surface area contributed by atoms with Gasteiger partial charge < -0.3 is 10.6 Å². The fourth-order valence-corrected chi connectivity index (χ4v) is 4.41. The van der Waals surface area contributed by atoms with Crippen LogP contribution in [0.1, 0.15) is 50.5 Å². The second kappa shape index (κ2) is 8.00. The zero-order valence-electron chi connectivity index (χ0n) is 15.1. The van der Waals surface area contributed by atoms with Gasteiger partial charge in [-0.2, -0.15) is 0 Å². The normalized spacial score (nSPS) is 23.6. The molecule has 0 spiro atoms. The van der Waals surface area contributed by atoms with E-state index in [-0.39, 0.29) is 23.8 Å². The molecule has 0 saturated carbocycles. The van der Waals surface area contributed by atoms with Gasteiger partial charge in [0.15, 0.2) is 0 Å². The number of benzene rings is 1. The molecule has 25 heavy (non-hydrogen) atoms. The maximum absolute atomic E-state index is 13.0. The highest BCUT2D eigenvalue weighted by Gasteiger charge is 2.37. The van der Waals surface area contributed by atoms with Crippen molar-refractivity contribution in [3.8, 4) is 0 Å². The molecule has 2 saturated heterocycles. The smallest absolute Gasteiger partial charge is 0.234 e. The molecule has 2 aliphatic rings. The van der Waals surface area contributed by atoms with E-state index in [9.17, 15) is 9.59 Å². The molecule has 0 bridgehead atoms. The van der Waals surface area contributed by atoms with Crippen LogP contribution in [0.3, 0.4) is 0 Å². The zero-order chi connectivity index (χ0) is 17.8. The quantitative estimate of drug-likeness (QED) is 0.890. The number of nitrogens with two attached hydrogens (primary N) is 1. The number of piperidine rings is 1. The summed E-state index contributed by atoms with van der Waals surface area (Å²) >= 11 is 0. The van der Waals surface area contributed by atoms with Crippen molar-refractivity contribution in [3.05, 3.63) is 35.9 Å². The highest BCUT2D eigenvalue weighted by Crippen LogP contribution is 2.28. The monoisotopic (exact) mass is 343 g/mol. The molecule has 5 nitrogen and oxygen atoms in total. The van der Waals surface area contributed by atoms with Crippen molar-refractivity contribution in [3.63, 3.8) is 0 Å². The van der Waals surface area contributed by atoms with Crippen molar-refractivity contribution >= 4 is 11.8 Å². The van der Waals surface area contributed by atoms with Crippen LogP contribution in [0, 0.1) is 0 Å². The first-order valence-electron chi connectivity index (χ1n) is 9.50. The lowest BCUT2D eigenvalue weighted by molar-refractivity contribution is -0.135. The van der Waals surface area contributed by atoms with Crippen molar-refractivity contribution in [2.75, 3.05) is 19.6 Å². The molecule has 0 unspecified atom stereocenters. The summed E-state index contributed by atoms with van der Waals surface area (Å²) in [5, 5.41) is 0. The van der Waals surface area contributed by atoms with Crippen LogP contribution in [0.15, 0.2) is 30.3 Å². The average Bonchev–Trinajstić information content (AvgIpc) is 3.13. The number of primary amides is 1. The third kappa shape index (κ3) is 3.87. The summed E-state index contributed by atoms with van der Waals surface area (Å²) in [6.45, 7) is 4.57. The Hall–Kier alpha value is -1.88. The van der Waals surface area contributed by atoms with Crippen LogP contribution in [0.5, 0.6) is 0 Å². The Bertz CT molecular complexity index is 596. The van der Waals surface area contributed by atoms with Crippen LogP contribution in [-0.2, 0) is 9.59 Å². The topological polar surface area (TPSA) is 66.6 Å². The van der Waals surface area contributed by atoms with E-state index < -0.39 is 0 Å². The molecule has 5 heteroatoms. The third-order valence-electron chi connectivity index (χ3n) is 5.78. The molecule has 3 rings (SSSR count). The van der Waals surface area contributed by atoms with Crippen LogP contribution in [-0.4, -0.2) is 53.3 Å². The second-order valence-corrected chi connectivity index (χ2v) is 7.23. The number of carbonyl (C=O) groups is 2. The van der Waals surface area contributed by atoms with Gasteiger partial charge in [0.25, 0.3) is 0 Å². The summed E-state index contributed by atoms with van der Waals surface area (Å²) in [6, 6.07) is 10.3. The molecule has 1 aromatic rings. The van der Waals surface area contributed by atoms with E-state index in [2.05, 4.69) is 11.8 Å². The van der Waals surface area contributed by atoms with Gasteiger partial charge in [-0.15, -0.1) is 0 Å². The Balaban J connectivity index is 1.60. The minimum atomic E-state index is -0.203. The van der Waals surface area contributed by atoms with Crippen molar-refractivity contribution in [2.45, 2.75) is 57.0 Å². The standard InChI is InChI=1S/C20H29N3O2/c1-2-17(15-7-4-3-5-8-15)20(25)22-13-10-16(11-14-22)23-12-6-9-18(23)19(21)24/h3-5,7-8,16-18H,2,6,9-14H2,1H3,(H2,21,24)/t17-,18+/m0/s1. The Kier molecular flexibility index (Phi) is 5.74. The molecule has 0 radical (unpaired) electrons. The van der Waals surface area contributed by atoms with Crippen molar-refractivity contribution < 1.29 is 9.59 Å². The lowest BCUT2D eigenvalue weighted by Crippen LogP contribution is -2.51. The third-order valence-corrected chi connectivity index (χ3v) is 5.78. The first-order chi connectivity index (χ1) is 12.1. The number of carbonyl (C=O) groups excluding carboxylic acids is 2. The molecule has 2 N–H and O–H groups in total. The lowest BCUT2D eigenvalue weighted by Gasteiger charge is -2.39. The molecule has 0 aromatic heterocycles. The Morgan fingerprint density at radius 2 is 1.80 bits per heavy atom.